The van der Waals surface area contributed by atoms with Crippen molar-refractivity contribution in [1.29, 1.82) is 0 Å². The molecule has 12 aromatic rings. The molecule has 0 N–H and O–H groups in total. The van der Waals surface area contributed by atoms with Gasteiger partial charge in [0.05, 0.1) is 5.69 Å². The lowest BCUT2D eigenvalue weighted by Crippen LogP contribution is -2.10. The van der Waals surface area contributed by atoms with E-state index >= 15 is 0 Å². The number of anilines is 3. The lowest BCUT2D eigenvalue weighted by molar-refractivity contribution is 1.30. The van der Waals surface area contributed by atoms with E-state index in [2.05, 4.69) is 254 Å². The summed E-state index contributed by atoms with van der Waals surface area (Å²) in [6.45, 7) is 0. The van der Waals surface area contributed by atoms with Gasteiger partial charge in [-0.15, -0.1) is 0 Å². The molecule has 294 valence electrons. The fourth-order valence-electron chi connectivity index (χ4n) is 9.74. The minimum atomic E-state index is 1.10. The molecule has 0 unspecified atom stereocenters. The molecule has 1 nitrogen and oxygen atoms in total. The Kier molecular flexibility index (Phi) is 8.90. The van der Waals surface area contributed by atoms with Crippen molar-refractivity contribution < 1.29 is 0 Å². The van der Waals surface area contributed by atoms with Crippen molar-refractivity contribution in [3.63, 3.8) is 0 Å². The Morgan fingerprint density at radius 3 is 1.56 bits per heavy atom. The minimum Gasteiger partial charge on any atom is -0.310 e. The van der Waals surface area contributed by atoms with Gasteiger partial charge in [0.2, 0.25) is 0 Å². The highest BCUT2D eigenvalue weighted by atomic mass is 15.1. The Hall–Kier alpha value is -8.26. The lowest BCUT2D eigenvalue weighted by Gasteiger charge is -2.28. The van der Waals surface area contributed by atoms with E-state index in [1.165, 1.54) is 98.4 Å². The van der Waals surface area contributed by atoms with E-state index in [-0.39, 0.29) is 0 Å². The van der Waals surface area contributed by atoms with Gasteiger partial charge in [-0.25, -0.2) is 0 Å². The summed E-state index contributed by atoms with van der Waals surface area (Å²) in [6, 6.07) is 91.1. The van der Waals surface area contributed by atoms with Crippen LogP contribution in [-0.4, -0.2) is 0 Å². The minimum absolute atomic E-state index is 1.10. The second-order valence-corrected chi connectivity index (χ2v) is 16.5. The molecule has 0 atom stereocenters. The van der Waals surface area contributed by atoms with Crippen LogP contribution in [0.25, 0.3) is 98.4 Å². The maximum absolute atomic E-state index is 2.42. The molecule has 63 heavy (non-hydrogen) atoms. The highest BCUT2D eigenvalue weighted by Crippen LogP contribution is 2.45. The second kappa shape index (κ2) is 15.3. The molecule has 0 aliphatic heterocycles. The van der Waals surface area contributed by atoms with E-state index in [4.69, 9.17) is 0 Å². The zero-order valence-electron chi connectivity index (χ0n) is 34.6. The van der Waals surface area contributed by atoms with E-state index < -0.39 is 0 Å². The highest BCUT2D eigenvalue weighted by molar-refractivity contribution is 6.21. The van der Waals surface area contributed by atoms with Gasteiger partial charge < -0.3 is 4.90 Å². The monoisotopic (exact) mass is 799 g/mol. The predicted octanol–water partition coefficient (Wildman–Crippen LogP) is 17.6. The van der Waals surface area contributed by atoms with Gasteiger partial charge in [-0.1, -0.05) is 200 Å². The largest absolute Gasteiger partial charge is 0.310 e. The molecular weight excluding hydrogens is 759 g/mol. The smallest absolute Gasteiger partial charge is 0.0540 e. The van der Waals surface area contributed by atoms with E-state index in [0.717, 1.165) is 17.1 Å². The third-order valence-corrected chi connectivity index (χ3v) is 12.8. The molecule has 0 aromatic heterocycles. The fourth-order valence-corrected chi connectivity index (χ4v) is 9.74. The van der Waals surface area contributed by atoms with Gasteiger partial charge in [0.15, 0.2) is 0 Å². The van der Waals surface area contributed by atoms with Crippen molar-refractivity contribution in [2.75, 3.05) is 4.90 Å². The summed E-state index contributed by atoms with van der Waals surface area (Å²) in [5.41, 5.74) is 12.9. The van der Waals surface area contributed by atoms with E-state index in [1.54, 1.807) is 0 Å². The first kappa shape index (κ1) is 36.6. The van der Waals surface area contributed by atoms with Crippen molar-refractivity contribution in [3.05, 3.63) is 249 Å². The highest BCUT2D eigenvalue weighted by Gasteiger charge is 2.19. The summed E-state index contributed by atoms with van der Waals surface area (Å²) in [6.07, 6.45) is 0. The molecule has 0 amide bonds. The molecule has 0 aliphatic carbocycles. The molecule has 0 radical (unpaired) electrons. The van der Waals surface area contributed by atoms with Crippen LogP contribution in [-0.2, 0) is 0 Å². The molecule has 12 aromatic carbocycles. The molecule has 0 saturated heterocycles. The Morgan fingerprint density at radius 2 is 0.746 bits per heavy atom. The average Bonchev–Trinajstić information content (AvgIpc) is 3.36. The van der Waals surface area contributed by atoms with Gasteiger partial charge in [-0.05, 0) is 142 Å². The maximum atomic E-state index is 2.42. The number of benzene rings is 12. The van der Waals surface area contributed by atoms with Crippen LogP contribution in [0.2, 0.25) is 0 Å². The Bertz CT molecular complexity index is 3680. The Morgan fingerprint density at radius 1 is 0.206 bits per heavy atom. The quantitative estimate of drug-likeness (QED) is 0.145. The van der Waals surface area contributed by atoms with Crippen LogP contribution in [0, 0.1) is 0 Å². The van der Waals surface area contributed by atoms with Crippen LogP contribution in [0.15, 0.2) is 249 Å². The predicted molar refractivity (Wildman–Crippen MR) is 270 cm³/mol. The first-order valence-electron chi connectivity index (χ1n) is 21.7. The van der Waals surface area contributed by atoms with Crippen LogP contribution in [0.4, 0.5) is 17.1 Å². The molecule has 0 spiro atoms. The topological polar surface area (TPSA) is 3.24 Å². The van der Waals surface area contributed by atoms with Crippen LogP contribution >= 0.6 is 0 Å². The first-order chi connectivity index (χ1) is 31.2. The molecule has 0 fully saturated rings. The van der Waals surface area contributed by atoms with Gasteiger partial charge in [-0.2, -0.15) is 0 Å². The van der Waals surface area contributed by atoms with E-state index in [0.29, 0.717) is 0 Å². The maximum Gasteiger partial charge on any atom is 0.0540 e. The molecule has 1 heteroatoms. The fraction of sp³-hybridized carbons (Fsp3) is 0. The van der Waals surface area contributed by atoms with Gasteiger partial charge in [0, 0.05) is 16.8 Å². The summed E-state index contributed by atoms with van der Waals surface area (Å²) < 4.78 is 0. The summed E-state index contributed by atoms with van der Waals surface area (Å²) >= 11 is 0. The zero-order valence-corrected chi connectivity index (χ0v) is 34.6. The van der Waals surface area contributed by atoms with Crippen molar-refractivity contribution in [2.24, 2.45) is 0 Å². The van der Waals surface area contributed by atoms with Crippen molar-refractivity contribution >= 4 is 70.9 Å². The SMILES string of the molecule is c1ccc(-c2cccc(N(c3ccc(-c4ccc5ccccc5c4)cc3)c3ccc(-c4cccc(-c5cc6c7ccccc7ccc6c6ccccc56)c4)c4ccccc34)c2)cc1. The van der Waals surface area contributed by atoms with Crippen molar-refractivity contribution in [2.45, 2.75) is 0 Å². The van der Waals surface area contributed by atoms with Crippen LogP contribution in [0.3, 0.4) is 0 Å². The Labute approximate surface area is 367 Å². The molecular formula is C62H41N. The van der Waals surface area contributed by atoms with Crippen molar-refractivity contribution in [3.8, 4) is 44.5 Å². The first-order valence-corrected chi connectivity index (χ1v) is 21.7. The summed E-state index contributed by atoms with van der Waals surface area (Å²) in [5, 5.41) is 12.5. The van der Waals surface area contributed by atoms with Crippen molar-refractivity contribution in [1.82, 2.24) is 0 Å². The van der Waals surface area contributed by atoms with E-state index in [1.807, 2.05) is 0 Å². The molecule has 0 saturated carbocycles. The standard InChI is InChI=1S/C62H41N/c1-2-14-42(15-3-1)47-19-13-22-52(40-47)63(51-33-30-44(31-34-51)48-29-28-43-16-4-5-18-46(43)38-48)62-37-36-54(55-24-10-11-27-59(55)62)49-20-12-21-50(39-49)60-41-61-53-23-7-6-17-45(53)32-35-58(61)56-25-8-9-26-57(56)60/h1-41H. The number of fused-ring (bicyclic) bond motifs is 7. The summed E-state index contributed by atoms with van der Waals surface area (Å²) in [5.74, 6) is 0. The molecule has 0 heterocycles. The van der Waals surface area contributed by atoms with Gasteiger partial charge in [0.25, 0.3) is 0 Å². The third-order valence-electron chi connectivity index (χ3n) is 12.8. The van der Waals surface area contributed by atoms with Crippen LogP contribution in [0.5, 0.6) is 0 Å². The molecule has 0 bridgehead atoms. The lowest BCUT2D eigenvalue weighted by atomic mass is 9.89. The number of rotatable bonds is 7. The van der Waals surface area contributed by atoms with E-state index in [9.17, 15) is 0 Å². The number of hydrogen-bond acceptors (Lipinski definition) is 1. The molecule has 0 aliphatic rings. The number of hydrogen-bond donors (Lipinski definition) is 0. The Balaban J connectivity index is 1.00. The van der Waals surface area contributed by atoms with Crippen LogP contribution in [0.1, 0.15) is 0 Å². The normalized spacial score (nSPS) is 11.5. The zero-order chi connectivity index (χ0) is 41.7. The van der Waals surface area contributed by atoms with Gasteiger partial charge in [0.1, 0.15) is 0 Å². The summed E-state index contributed by atoms with van der Waals surface area (Å²) in [7, 11) is 0. The summed E-state index contributed by atoms with van der Waals surface area (Å²) in [4.78, 5) is 2.42. The number of nitrogens with zero attached hydrogens (tertiary/aromatic N) is 1. The third kappa shape index (κ3) is 6.50. The van der Waals surface area contributed by atoms with Crippen LogP contribution < -0.4 is 4.90 Å². The molecule has 12 rings (SSSR count). The second-order valence-electron chi connectivity index (χ2n) is 16.5. The van der Waals surface area contributed by atoms with Gasteiger partial charge in [-0.3, -0.25) is 0 Å². The average molecular weight is 800 g/mol. The van der Waals surface area contributed by atoms with Gasteiger partial charge >= 0.3 is 0 Å².